The van der Waals surface area contributed by atoms with E-state index in [9.17, 15) is 18.0 Å². The summed E-state index contributed by atoms with van der Waals surface area (Å²) >= 11 is 3.37. The number of carbonyl (C=O) groups is 2. The SMILES string of the molecule is CCN(CC)S(=O)(=O)c1ccc(C(=O)N(C)CC(=O)Nc2ccc(Br)cc2C)cc1. The first-order valence-electron chi connectivity index (χ1n) is 9.51. The zero-order valence-electron chi connectivity index (χ0n) is 17.5. The van der Waals surface area contributed by atoms with Gasteiger partial charge in [0.05, 0.1) is 11.4 Å². The van der Waals surface area contributed by atoms with E-state index in [0.717, 1.165) is 10.0 Å². The molecule has 0 aliphatic carbocycles. The van der Waals surface area contributed by atoms with Crippen molar-refractivity contribution in [1.82, 2.24) is 9.21 Å². The highest BCUT2D eigenvalue weighted by atomic mass is 79.9. The van der Waals surface area contributed by atoms with Crippen LogP contribution in [0.15, 0.2) is 51.8 Å². The number of benzene rings is 2. The topological polar surface area (TPSA) is 86.8 Å². The Hall–Kier alpha value is -2.23. The van der Waals surface area contributed by atoms with Crippen LogP contribution in [0.1, 0.15) is 29.8 Å². The van der Waals surface area contributed by atoms with Crippen molar-refractivity contribution in [2.24, 2.45) is 0 Å². The molecule has 0 aromatic heterocycles. The van der Waals surface area contributed by atoms with Crippen LogP contribution in [0.5, 0.6) is 0 Å². The Kier molecular flexibility index (Phi) is 8.17. The van der Waals surface area contributed by atoms with E-state index in [1.807, 2.05) is 19.1 Å². The Morgan fingerprint density at radius 2 is 1.63 bits per heavy atom. The smallest absolute Gasteiger partial charge is 0.254 e. The normalized spacial score (nSPS) is 11.4. The summed E-state index contributed by atoms with van der Waals surface area (Å²) in [5.74, 6) is -0.693. The van der Waals surface area contributed by atoms with Gasteiger partial charge >= 0.3 is 0 Å². The van der Waals surface area contributed by atoms with Crippen molar-refractivity contribution in [3.8, 4) is 0 Å². The van der Waals surface area contributed by atoms with Crippen molar-refractivity contribution in [3.63, 3.8) is 0 Å². The van der Waals surface area contributed by atoms with Gasteiger partial charge in [0.25, 0.3) is 5.91 Å². The van der Waals surface area contributed by atoms with Gasteiger partial charge in [0.1, 0.15) is 0 Å². The number of aryl methyl sites for hydroxylation is 1. The molecule has 2 aromatic carbocycles. The molecule has 2 rings (SSSR count). The van der Waals surface area contributed by atoms with Crippen LogP contribution in [-0.2, 0) is 14.8 Å². The average molecular weight is 496 g/mol. The number of carbonyl (C=O) groups excluding carboxylic acids is 2. The minimum atomic E-state index is -3.58. The lowest BCUT2D eigenvalue weighted by Crippen LogP contribution is -2.35. The second-order valence-corrected chi connectivity index (χ2v) is 9.64. The number of sulfonamides is 1. The third kappa shape index (κ3) is 5.68. The van der Waals surface area contributed by atoms with Crippen LogP contribution in [0.3, 0.4) is 0 Å². The van der Waals surface area contributed by atoms with Gasteiger partial charge in [-0.05, 0) is 55.0 Å². The fourth-order valence-corrected chi connectivity index (χ4v) is 4.88. The Morgan fingerprint density at radius 3 is 2.17 bits per heavy atom. The fourth-order valence-electron chi connectivity index (χ4n) is 2.95. The predicted octanol–water partition coefficient (Wildman–Crippen LogP) is 3.50. The molecule has 0 saturated heterocycles. The lowest BCUT2D eigenvalue weighted by Gasteiger charge is -2.19. The first-order chi connectivity index (χ1) is 14.1. The molecule has 0 saturated carbocycles. The molecule has 0 unspecified atom stereocenters. The first kappa shape index (κ1) is 24.0. The Balaban J connectivity index is 2.06. The van der Waals surface area contributed by atoms with Crippen LogP contribution in [0, 0.1) is 6.92 Å². The monoisotopic (exact) mass is 495 g/mol. The Bertz CT molecular complexity index is 1020. The molecular weight excluding hydrogens is 470 g/mol. The van der Waals surface area contributed by atoms with Crippen molar-refractivity contribution < 1.29 is 18.0 Å². The lowest BCUT2D eigenvalue weighted by molar-refractivity contribution is -0.116. The molecule has 9 heteroatoms. The van der Waals surface area contributed by atoms with Gasteiger partial charge in [-0.1, -0.05) is 29.8 Å². The van der Waals surface area contributed by atoms with Crippen molar-refractivity contribution in [2.45, 2.75) is 25.7 Å². The molecular formula is C21H26BrN3O4S. The highest BCUT2D eigenvalue weighted by Crippen LogP contribution is 2.20. The molecule has 1 N–H and O–H groups in total. The number of halogens is 1. The van der Waals surface area contributed by atoms with E-state index in [1.165, 1.54) is 40.5 Å². The van der Waals surface area contributed by atoms with Crippen LogP contribution in [0.25, 0.3) is 0 Å². The summed E-state index contributed by atoms with van der Waals surface area (Å²) in [6.45, 7) is 6.03. The standard InChI is InChI=1S/C21H26BrN3O4S/c1-5-25(6-2)30(28,29)18-10-7-16(8-11-18)21(27)24(4)14-20(26)23-19-12-9-17(22)13-15(19)3/h7-13H,5-6,14H2,1-4H3,(H,23,26). The number of rotatable bonds is 8. The molecule has 162 valence electrons. The Morgan fingerprint density at radius 1 is 1.03 bits per heavy atom. The number of amides is 2. The Labute approximate surface area is 186 Å². The molecule has 2 amide bonds. The van der Waals surface area contributed by atoms with Gasteiger partial charge < -0.3 is 10.2 Å². The van der Waals surface area contributed by atoms with Crippen LogP contribution in [0.4, 0.5) is 5.69 Å². The van der Waals surface area contributed by atoms with E-state index in [0.29, 0.717) is 24.3 Å². The summed E-state index contributed by atoms with van der Waals surface area (Å²) in [7, 11) is -2.06. The van der Waals surface area contributed by atoms with Crippen molar-refractivity contribution in [1.29, 1.82) is 0 Å². The van der Waals surface area contributed by atoms with Crippen molar-refractivity contribution in [3.05, 3.63) is 58.1 Å². The predicted molar refractivity (Wildman–Crippen MR) is 121 cm³/mol. The van der Waals surface area contributed by atoms with Gasteiger partial charge in [-0.15, -0.1) is 0 Å². The number of anilines is 1. The minimum Gasteiger partial charge on any atom is -0.332 e. The quantitative estimate of drug-likeness (QED) is 0.606. The van der Waals surface area contributed by atoms with Gasteiger partial charge in [0.2, 0.25) is 15.9 Å². The third-order valence-electron chi connectivity index (χ3n) is 4.63. The number of hydrogen-bond donors (Lipinski definition) is 1. The molecule has 0 aliphatic rings. The number of nitrogens with zero attached hydrogens (tertiary/aromatic N) is 2. The third-order valence-corrected chi connectivity index (χ3v) is 7.19. The summed E-state index contributed by atoms with van der Waals surface area (Å²) < 4.78 is 27.4. The van der Waals surface area contributed by atoms with E-state index >= 15 is 0 Å². The maximum absolute atomic E-state index is 12.6. The largest absolute Gasteiger partial charge is 0.332 e. The molecule has 0 spiro atoms. The van der Waals surface area contributed by atoms with Crippen LogP contribution >= 0.6 is 15.9 Å². The summed E-state index contributed by atoms with van der Waals surface area (Å²) in [6.07, 6.45) is 0. The van der Waals surface area contributed by atoms with E-state index in [-0.39, 0.29) is 23.3 Å². The maximum Gasteiger partial charge on any atom is 0.254 e. The molecule has 0 aliphatic heterocycles. The van der Waals surface area contributed by atoms with Crippen molar-refractivity contribution in [2.75, 3.05) is 32.0 Å². The van der Waals surface area contributed by atoms with Gasteiger partial charge in [0, 0.05) is 35.9 Å². The van der Waals surface area contributed by atoms with E-state index in [1.54, 1.807) is 19.9 Å². The molecule has 7 nitrogen and oxygen atoms in total. The second-order valence-electron chi connectivity index (χ2n) is 6.78. The fraction of sp³-hybridized carbons (Fsp3) is 0.333. The molecule has 0 heterocycles. The molecule has 30 heavy (non-hydrogen) atoms. The summed E-state index contributed by atoms with van der Waals surface area (Å²) in [5, 5.41) is 2.79. The second kappa shape index (κ2) is 10.2. The summed E-state index contributed by atoms with van der Waals surface area (Å²) in [6, 6.07) is 11.3. The maximum atomic E-state index is 12.6. The summed E-state index contributed by atoms with van der Waals surface area (Å²) in [4.78, 5) is 26.4. The van der Waals surface area contributed by atoms with Gasteiger partial charge in [-0.3, -0.25) is 9.59 Å². The van der Waals surface area contributed by atoms with E-state index in [4.69, 9.17) is 0 Å². The van der Waals surface area contributed by atoms with Crippen LogP contribution in [0.2, 0.25) is 0 Å². The van der Waals surface area contributed by atoms with Crippen LogP contribution < -0.4 is 5.32 Å². The first-order valence-corrected chi connectivity index (χ1v) is 11.7. The zero-order chi connectivity index (χ0) is 22.5. The summed E-state index contributed by atoms with van der Waals surface area (Å²) in [5.41, 5.74) is 1.88. The molecule has 0 fully saturated rings. The zero-order valence-corrected chi connectivity index (χ0v) is 19.9. The van der Waals surface area contributed by atoms with Gasteiger partial charge in [-0.2, -0.15) is 4.31 Å². The van der Waals surface area contributed by atoms with Crippen molar-refractivity contribution >= 4 is 43.5 Å². The molecule has 0 bridgehead atoms. The van der Waals surface area contributed by atoms with Crippen LogP contribution in [-0.4, -0.2) is 56.1 Å². The number of hydrogen-bond acceptors (Lipinski definition) is 4. The van der Waals surface area contributed by atoms with Gasteiger partial charge in [0.15, 0.2) is 0 Å². The number of likely N-dealkylation sites (N-methyl/N-ethyl adjacent to an activating group) is 1. The molecule has 0 atom stereocenters. The van der Waals surface area contributed by atoms with E-state index < -0.39 is 10.0 Å². The lowest BCUT2D eigenvalue weighted by atomic mass is 10.2. The van der Waals surface area contributed by atoms with E-state index in [2.05, 4.69) is 21.2 Å². The molecule has 2 aromatic rings. The minimum absolute atomic E-state index is 0.131. The molecule has 0 radical (unpaired) electrons. The number of nitrogens with one attached hydrogen (secondary N) is 1. The highest BCUT2D eigenvalue weighted by molar-refractivity contribution is 9.10. The van der Waals surface area contributed by atoms with Gasteiger partial charge in [-0.25, -0.2) is 8.42 Å². The average Bonchev–Trinajstić information content (AvgIpc) is 2.70. The highest BCUT2D eigenvalue weighted by Gasteiger charge is 2.22.